The number of halogens is 1. The summed E-state index contributed by atoms with van der Waals surface area (Å²) in [5.74, 6) is -0.502. The van der Waals surface area contributed by atoms with E-state index in [0.717, 1.165) is 44.8 Å². The SMILES string of the molecule is O=C(NCCCN1CCOCC1)c1ccc2c(c1)N(Cc1cccc(Cl)c1)C(=O)c1ccccc1[S@@]2=O. The Labute approximate surface area is 223 Å². The number of rotatable bonds is 7. The third kappa shape index (κ3) is 5.78. The van der Waals surface area contributed by atoms with E-state index in [1.807, 2.05) is 12.1 Å². The highest BCUT2D eigenvalue weighted by Crippen LogP contribution is 2.36. The van der Waals surface area contributed by atoms with Gasteiger partial charge in [-0.1, -0.05) is 35.9 Å². The van der Waals surface area contributed by atoms with Gasteiger partial charge in [-0.25, -0.2) is 4.21 Å². The van der Waals surface area contributed by atoms with Crippen molar-refractivity contribution in [1.82, 2.24) is 10.2 Å². The first-order valence-electron chi connectivity index (χ1n) is 12.3. The van der Waals surface area contributed by atoms with E-state index in [1.165, 1.54) is 0 Å². The van der Waals surface area contributed by atoms with E-state index >= 15 is 0 Å². The second-order valence-corrected chi connectivity index (χ2v) is 10.9. The summed E-state index contributed by atoms with van der Waals surface area (Å²) in [6, 6.07) is 19.2. The average Bonchev–Trinajstić information content (AvgIpc) is 3.01. The number of carbonyl (C=O) groups excluding carboxylic acids is 2. The fraction of sp³-hybridized carbons (Fsp3) is 0.286. The number of morpholine rings is 1. The molecule has 1 atom stereocenters. The van der Waals surface area contributed by atoms with Gasteiger partial charge in [0.25, 0.3) is 11.8 Å². The average molecular weight is 538 g/mol. The highest BCUT2D eigenvalue weighted by atomic mass is 35.5. The molecule has 0 spiro atoms. The molecule has 0 unspecified atom stereocenters. The number of ether oxygens (including phenoxy) is 1. The van der Waals surface area contributed by atoms with Gasteiger partial charge in [-0.3, -0.25) is 14.5 Å². The maximum Gasteiger partial charge on any atom is 0.259 e. The molecule has 3 aromatic carbocycles. The number of carbonyl (C=O) groups is 2. The summed E-state index contributed by atoms with van der Waals surface area (Å²) < 4.78 is 18.9. The zero-order valence-corrected chi connectivity index (χ0v) is 21.9. The molecule has 0 radical (unpaired) electrons. The molecule has 192 valence electrons. The molecule has 2 amide bonds. The standard InChI is InChI=1S/C28H28ClN3O4S/c29-22-6-3-5-20(17-22)19-32-24-18-21(27(33)30-11-4-12-31-13-15-36-16-14-31)9-10-26(24)37(35)25-8-2-1-7-23(25)28(32)34/h1-3,5-10,17-18H,4,11-16,19H2,(H,30,33)/t37-/m0/s1. The number of amides is 2. The third-order valence-corrected chi connectivity index (χ3v) is 8.28. The Morgan fingerprint density at radius 2 is 1.81 bits per heavy atom. The molecule has 0 aliphatic carbocycles. The Hall–Kier alpha value is -3.04. The van der Waals surface area contributed by atoms with Crippen LogP contribution in [0.25, 0.3) is 0 Å². The van der Waals surface area contributed by atoms with Crippen LogP contribution in [0.5, 0.6) is 0 Å². The maximum atomic E-state index is 13.7. The Balaban J connectivity index is 1.41. The zero-order valence-electron chi connectivity index (χ0n) is 20.3. The van der Waals surface area contributed by atoms with Crippen molar-refractivity contribution >= 4 is 39.9 Å². The summed E-state index contributed by atoms with van der Waals surface area (Å²) in [6.45, 7) is 4.98. The van der Waals surface area contributed by atoms with Crippen molar-refractivity contribution in [3.05, 3.63) is 88.4 Å². The van der Waals surface area contributed by atoms with E-state index in [1.54, 1.807) is 59.5 Å². The lowest BCUT2D eigenvalue weighted by Crippen LogP contribution is -2.38. The predicted molar refractivity (Wildman–Crippen MR) is 144 cm³/mol. The van der Waals surface area contributed by atoms with Crippen molar-refractivity contribution in [2.75, 3.05) is 44.3 Å². The largest absolute Gasteiger partial charge is 0.379 e. The van der Waals surface area contributed by atoms with Gasteiger partial charge in [-0.2, -0.15) is 0 Å². The Kier molecular flexibility index (Phi) is 8.00. The van der Waals surface area contributed by atoms with Crippen LogP contribution in [0.4, 0.5) is 5.69 Å². The normalized spacial score (nSPS) is 17.6. The first-order valence-corrected chi connectivity index (χ1v) is 13.8. The van der Waals surface area contributed by atoms with Crippen LogP contribution in [0.2, 0.25) is 5.02 Å². The minimum Gasteiger partial charge on any atom is -0.379 e. The highest BCUT2D eigenvalue weighted by Gasteiger charge is 2.31. The van der Waals surface area contributed by atoms with Gasteiger partial charge in [0.15, 0.2) is 0 Å². The Bertz CT molecular complexity index is 1340. The van der Waals surface area contributed by atoms with Gasteiger partial charge >= 0.3 is 0 Å². The number of anilines is 1. The first kappa shape index (κ1) is 25.6. The fourth-order valence-electron chi connectivity index (χ4n) is 4.61. The Morgan fingerprint density at radius 3 is 2.62 bits per heavy atom. The van der Waals surface area contributed by atoms with Gasteiger partial charge in [0.2, 0.25) is 0 Å². The summed E-state index contributed by atoms with van der Waals surface area (Å²) in [4.78, 5) is 31.6. The van der Waals surface area contributed by atoms with Crippen LogP contribution >= 0.6 is 11.6 Å². The molecule has 1 saturated heterocycles. The summed E-state index contributed by atoms with van der Waals surface area (Å²) in [5.41, 5.74) is 2.08. The van der Waals surface area contributed by atoms with Crippen LogP contribution in [-0.4, -0.2) is 60.3 Å². The molecule has 0 aromatic heterocycles. The van der Waals surface area contributed by atoms with E-state index in [9.17, 15) is 13.8 Å². The summed E-state index contributed by atoms with van der Waals surface area (Å²) in [5, 5.41) is 3.54. The summed E-state index contributed by atoms with van der Waals surface area (Å²) >= 11 is 6.20. The number of fused-ring (bicyclic) bond motifs is 2. The minimum atomic E-state index is -1.58. The van der Waals surface area contributed by atoms with Crippen molar-refractivity contribution in [2.24, 2.45) is 0 Å². The van der Waals surface area contributed by atoms with Gasteiger partial charge in [0.1, 0.15) is 0 Å². The molecule has 5 rings (SSSR count). The van der Waals surface area contributed by atoms with Gasteiger partial charge in [-0.15, -0.1) is 0 Å². The number of hydrogen-bond acceptors (Lipinski definition) is 5. The second kappa shape index (κ2) is 11.6. The van der Waals surface area contributed by atoms with Gasteiger partial charge in [0, 0.05) is 30.2 Å². The van der Waals surface area contributed by atoms with E-state index < -0.39 is 10.8 Å². The van der Waals surface area contributed by atoms with Crippen molar-refractivity contribution in [2.45, 2.75) is 22.8 Å². The molecule has 2 aliphatic rings. The van der Waals surface area contributed by atoms with Gasteiger partial charge in [0.05, 0.1) is 51.6 Å². The molecule has 9 heteroatoms. The third-order valence-electron chi connectivity index (χ3n) is 6.54. The molecule has 1 fully saturated rings. The highest BCUT2D eigenvalue weighted by molar-refractivity contribution is 7.85. The van der Waals surface area contributed by atoms with Crippen LogP contribution in [0.15, 0.2) is 76.5 Å². The van der Waals surface area contributed by atoms with Crippen LogP contribution in [0, 0.1) is 0 Å². The van der Waals surface area contributed by atoms with E-state index in [0.29, 0.717) is 38.2 Å². The van der Waals surface area contributed by atoms with E-state index in [-0.39, 0.29) is 18.4 Å². The second-order valence-electron chi connectivity index (χ2n) is 9.03. The lowest BCUT2D eigenvalue weighted by Gasteiger charge is -2.26. The number of hydrogen-bond donors (Lipinski definition) is 1. The van der Waals surface area contributed by atoms with Crippen molar-refractivity contribution in [1.29, 1.82) is 0 Å². The molecule has 2 aliphatic heterocycles. The number of nitrogens with one attached hydrogen (secondary N) is 1. The number of nitrogens with zero attached hydrogens (tertiary/aromatic N) is 2. The van der Waals surface area contributed by atoms with Gasteiger partial charge < -0.3 is 15.0 Å². The monoisotopic (exact) mass is 537 g/mol. The molecular formula is C28H28ClN3O4S. The molecule has 37 heavy (non-hydrogen) atoms. The molecule has 0 saturated carbocycles. The van der Waals surface area contributed by atoms with Crippen molar-refractivity contribution < 1.29 is 18.5 Å². The molecule has 2 heterocycles. The first-order chi connectivity index (χ1) is 18.0. The number of benzene rings is 3. The quantitative estimate of drug-likeness (QED) is 0.459. The predicted octanol–water partition coefficient (Wildman–Crippen LogP) is 4.12. The van der Waals surface area contributed by atoms with Crippen molar-refractivity contribution in [3.8, 4) is 0 Å². The summed E-state index contributed by atoms with van der Waals surface area (Å²) in [7, 11) is -1.58. The van der Waals surface area contributed by atoms with Crippen LogP contribution in [-0.2, 0) is 22.1 Å². The minimum absolute atomic E-state index is 0.225. The fourth-order valence-corrected chi connectivity index (χ4v) is 6.17. The molecule has 3 aromatic rings. The van der Waals surface area contributed by atoms with E-state index in [4.69, 9.17) is 16.3 Å². The molecule has 0 bridgehead atoms. The molecule has 7 nitrogen and oxygen atoms in total. The van der Waals surface area contributed by atoms with Crippen LogP contribution in [0.3, 0.4) is 0 Å². The topological polar surface area (TPSA) is 79.0 Å². The zero-order chi connectivity index (χ0) is 25.8. The summed E-state index contributed by atoms with van der Waals surface area (Å²) in [6.07, 6.45) is 0.829. The van der Waals surface area contributed by atoms with Gasteiger partial charge in [-0.05, 0) is 61.0 Å². The lowest BCUT2D eigenvalue weighted by atomic mass is 10.1. The Morgan fingerprint density at radius 1 is 1.00 bits per heavy atom. The van der Waals surface area contributed by atoms with Crippen molar-refractivity contribution in [3.63, 3.8) is 0 Å². The maximum absolute atomic E-state index is 13.7. The van der Waals surface area contributed by atoms with Crippen LogP contribution < -0.4 is 10.2 Å². The van der Waals surface area contributed by atoms with Crippen LogP contribution in [0.1, 0.15) is 32.7 Å². The molecular weight excluding hydrogens is 510 g/mol. The van der Waals surface area contributed by atoms with E-state index in [2.05, 4.69) is 10.2 Å². The smallest absolute Gasteiger partial charge is 0.259 e. The lowest BCUT2D eigenvalue weighted by molar-refractivity contribution is 0.0374. The molecule has 1 N–H and O–H groups in total.